The Labute approximate surface area is 236 Å². The summed E-state index contributed by atoms with van der Waals surface area (Å²) in [5, 5.41) is 17.6. The highest BCUT2D eigenvalue weighted by molar-refractivity contribution is 7.18. The molecule has 0 aliphatic carbocycles. The van der Waals surface area contributed by atoms with E-state index in [0.717, 1.165) is 34.2 Å². The van der Waals surface area contributed by atoms with Crippen LogP contribution in [0.5, 0.6) is 0 Å². The number of likely N-dealkylation sites (tertiary alicyclic amines) is 1. The molecule has 1 atom stereocenters. The van der Waals surface area contributed by atoms with Crippen molar-refractivity contribution in [3.05, 3.63) is 64.9 Å². The Kier molecular flexibility index (Phi) is 7.34. The molecule has 206 valence electrons. The number of nitrogens with zero attached hydrogens (tertiary/aromatic N) is 4. The Hall–Kier alpha value is -4.23. The van der Waals surface area contributed by atoms with E-state index in [1.54, 1.807) is 42.5 Å². The number of carbonyl (C=O) groups excluding carboxylic acids is 2. The van der Waals surface area contributed by atoms with Crippen LogP contribution in [0.4, 0.5) is 9.18 Å². The van der Waals surface area contributed by atoms with Gasteiger partial charge >= 0.3 is 6.09 Å². The molecule has 5 rings (SSSR count). The number of alkyl carbamates (subject to hydrolysis) is 1. The van der Waals surface area contributed by atoms with Crippen molar-refractivity contribution in [3.8, 4) is 27.6 Å². The van der Waals surface area contributed by atoms with Gasteiger partial charge in [-0.15, -0.1) is 11.3 Å². The van der Waals surface area contributed by atoms with Gasteiger partial charge in [0.15, 0.2) is 0 Å². The first-order valence-electron chi connectivity index (χ1n) is 13.1. The molecule has 8 nitrogen and oxygen atoms in total. The second-order valence-corrected chi connectivity index (χ2v) is 12.0. The van der Waals surface area contributed by atoms with Gasteiger partial charge in [-0.05, 0) is 69.0 Å². The quantitative estimate of drug-likeness (QED) is 0.325. The van der Waals surface area contributed by atoms with Crippen LogP contribution < -0.4 is 5.32 Å². The monoisotopic (exact) mass is 559 g/mol. The van der Waals surface area contributed by atoms with Crippen LogP contribution in [-0.4, -0.2) is 51.4 Å². The summed E-state index contributed by atoms with van der Waals surface area (Å²) in [4.78, 5) is 29.1. The van der Waals surface area contributed by atoms with E-state index in [1.165, 1.54) is 23.5 Å². The summed E-state index contributed by atoms with van der Waals surface area (Å²) in [7, 11) is 1.86. The van der Waals surface area contributed by atoms with E-state index in [0.29, 0.717) is 29.1 Å². The summed E-state index contributed by atoms with van der Waals surface area (Å²) < 4.78 is 21.8. The third kappa shape index (κ3) is 5.84. The van der Waals surface area contributed by atoms with E-state index < -0.39 is 17.5 Å². The molecule has 0 bridgehead atoms. The molecule has 4 aromatic rings. The van der Waals surface area contributed by atoms with Crippen molar-refractivity contribution in [1.29, 1.82) is 5.26 Å². The molecule has 2 amide bonds. The predicted molar refractivity (Wildman–Crippen MR) is 152 cm³/mol. The molecular weight excluding hydrogens is 529 g/mol. The van der Waals surface area contributed by atoms with Gasteiger partial charge in [0.05, 0.1) is 16.0 Å². The van der Waals surface area contributed by atoms with Crippen molar-refractivity contribution in [2.24, 2.45) is 7.05 Å². The minimum atomic E-state index is -0.614. The van der Waals surface area contributed by atoms with Crippen molar-refractivity contribution in [2.45, 2.75) is 45.3 Å². The normalized spacial score (nSPS) is 15.6. The first-order chi connectivity index (χ1) is 19.0. The second kappa shape index (κ2) is 10.7. The zero-order chi connectivity index (χ0) is 28.6. The number of hydrogen-bond donors (Lipinski definition) is 1. The maximum Gasteiger partial charge on any atom is 0.407 e. The van der Waals surface area contributed by atoms with Crippen LogP contribution in [0.25, 0.3) is 32.5 Å². The summed E-state index contributed by atoms with van der Waals surface area (Å²) in [6.07, 6.45) is 2.92. The minimum Gasteiger partial charge on any atom is -0.444 e. The molecule has 0 saturated carbocycles. The number of nitrogens with one attached hydrogen (secondary N) is 1. The van der Waals surface area contributed by atoms with Crippen molar-refractivity contribution in [3.63, 3.8) is 0 Å². The summed E-state index contributed by atoms with van der Waals surface area (Å²) in [5.74, 6) is -0.765. The highest BCUT2D eigenvalue weighted by atomic mass is 32.1. The maximum atomic E-state index is 14.6. The molecular formula is C30H30FN5O3S. The minimum absolute atomic E-state index is 0.0384. The SMILES string of the molecule is Cn1cc2ccc(-c3sc(C(=O)N4CCC[C@@H](NC(=O)OC(C)(C)C)C4)cc3-c3ccc(C#N)c(F)c3)cc2n1. The first kappa shape index (κ1) is 27.3. The van der Waals surface area contributed by atoms with E-state index in [2.05, 4.69) is 10.4 Å². The Morgan fingerprint density at radius 2 is 1.95 bits per heavy atom. The van der Waals surface area contributed by atoms with E-state index in [1.807, 2.05) is 37.5 Å². The average molecular weight is 560 g/mol. The molecule has 10 heteroatoms. The number of hydrogen-bond acceptors (Lipinski definition) is 6. The number of aryl methyl sites for hydroxylation is 1. The fourth-order valence-corrected chi connectivity index (χ4v) is 6.03. The molecule has 40 heavy (non-hydrogen) atoms. The van der Waals surface area contributed by atoms with Gasteiger partial charge in [0.25, 0.3) is 5.91 Å². The number of halogens is 1. The Bertz CT molecular complexity index is 1650. The number of piperidine rings is 1. The van der Waals surface area contributed by atoms with Gasteiger partial charge in [-0.3, -0.25) is 9.48 Å². The maximum absolute atomic E-state index is 14.6. The standard InChI is InChI=1S/C30H30FN5O3S/c1-30(2,3)39-29(38)33-22-6-5-11-36(17-22)28(37)26-14-23(18-7-9-20(15-32)24(31)12-18)27(40-26)19-8-10-21-16-35(4)34-25(21)13-19/h7-10,12-14,16,22H,5-6,11,17H2,1-4H3,(H,33,38)/t22-/m1/s1. The molecule has 3 heterocycles. The number of amides is 2. The summed E-state index contributed by atoms with van der Waals surface area (Å²) in [6.45, 7) is 6.35. The number of rotatable bonds is 4. The van der Waals surface area contributed by atoms with E-state index in [-0.39, 0.29) is 17.5 Å². The highest BCUT2D eigenvalue weighted by Crippen LogP contribution is 2.41. The fraction of sp³-hybridized carbons (Fsp3) is 0.333. The number of fused-ring (bicyclic) bond motifs is 1. The van der Waals surface area contributed by atoms with Crippen molar-refractivity contribution >= 4 is 34.2 Å². The number of benzene rings is 2. The number of carbonyl (C=O) groups is 2. The van der Waals surface area contributed by atoms with Crippen molar-refractivity contribution in [1.82, 2.24) is 20.0 Å². The van der Waals surface area contributed by atoms with Gasteiger partial charge in [0, 0.05) is 48.2 Å². The van der Waals surface area contributed by atoms with Gasteiger partial charge in [-0.1, -0.05) is 18.2 Å². The van der Waals surface area contributed by atoms with E-state index in [4.69, 9.17) is 4.74 Å². The first-order valence-corrected chi connectivity index (χ1v) is 13.9. The molecule has 1 fully saturated rings. The van der Waals surface area contributed by atoms with Gasteiger partial charge in [0.1, 0.15) is 17.5 Å². The van der Waals surface area contributed by atoms with E-state index in [9.17, 15) is 19.2 Å². The van der Waals surface area contributed by atoms with Crippen LogP contribution in [0.2, 0.25) is 0 Å². The van der Waals surface area contributed by atoms with Crippen LogP contribution in [-0.2, 0) is 11.8 Å². The van der Waals surface area contributed by atoms with Crippen molar-refractivity contribution in [2.75, 3.05) is 13.1 Å². The Morgan fingerprint density at radius 3 is 2.67 bits per heavy atom. The zero-order valence-electron chi connectivity index (χ0n) is 22.8. The lowest BCUT2D eigenvalue weighted by Crippen LogP contribution is -2.50. The van der Waals surface area contributed by atoms with Gasteiger partial charge in [0.2, 0.25) is 0 Å². The lowest BCUT2D eigenvalue weighted by molar-refractivity contribution is 0.0453. The van der Waals surface area contributed by atoms with Crippen LogP contribution in [0, 0.1) is 17.1 Å². The number of nitriles is 1. The number of aromatic nitrogens is 2. The summed E-state index contributed by atoms with van der Waals surface area (Å²) in [6, 6.07) is 13.8. The lowest BCUT2D eigenvalue weighted by Gasteiger charge is -2.33. The topological polar surface area (TPSA) is 100 Å². The summed E-state index contributed by atoms with van der Waals surface area (Å²) in [5.41, 5.74) is 2.30. The molecule has 2 aromatic heterocycles. The van der Waals surface area contributed by atoms with Gasteiger partial charge in [-0.2, -0.15) is 10.4 Å². The molecule has 1 aliphatic heterocycles. The van der Waals surface area contributed by atoms with Crippen LogP contribution in [0.1, 0.15) is 48.8 Å². The average Bonchev–Trinajstić information content (AvgIpc) is 3.50. The van der Waals surface area contributed by atoms with Gasteiger partial charge in [-0.25, -0.2) is 9.18 Å². The molecule has 0 unspecified atom stereocenters. The Morgan fingerprint density at radius 1 is 1.18 bits per heavy atom. The van der Waals surface area contributed by atoms with Crippen LogP contribution >= 0.6 is 11.3 Å². The van der Waals surface area contributed by atoms with Crippen LogP contribution in [0.3, 0.4) is 0 Å². The number of ether oxygens (including phenoxy) is 1. The zero-order valence-corrected chi connectivity index (χ0v) is 23.6. The third-order valence-electron chi connectivity index (χ3n) is 6.66. The lowest BCUT2D eigenvalue weighted by atomic mass is 10.00. The number of thiophene rings is 1. The second-order valence-electron chi connectivity index (χ2n) is 11.0. The molecule has 2 aromatic carbocycles. The molecule has 1 aliphatic rings. The molecule has 0 radical (unpaired) electrons. The fourth-order valence-electron chi connectivity index (χ4n) is 4.89. The summed E-state index contributed by atoms with van der Waals surface area (Å²) >= 11 is 1.34. The van der Waals surface area contributed by atoms with Crippen LogP contribution in [0.15, 0.2) is 48.7 Å². The van der Waals surface area contributed by atoms with Crippen molar-refractivity contribution < 1.29 is 18.7 Å². The highest BCUT2D eigenvalue weighted by Gasteiger charge is 2.29. The predicted octanol–water partition coefficient (Wildman–Crippen LogP) is 6.11. The Balaban J connectivity index is 1.47. The van der Waals surface area contributed by atoms with E-state index >= 15 is 0 Å². The largest absolute Gasteiger partial charge is 0.444 e. The molecule has 1 N–H and O–H groups in total. The smallest absolute Gasteiger partial charge is 0.407 e. The van der Waals surface area contributed by atoms with Gasteiger partial charge < -0.3 is 15.0 Å². The molecule has 1 saturated heterocycles. The third-order valence-corrected chi connectivity index (χ3v) is 7.83. The molecule has 0 spiro atoms.